The number of aryl methyl sites for hydroxylation is 1. The maximum Gasteiger partial charge on any atom is 0.222 e. The normalized spacial score (nSPS) is 14.2. The van der Waals surface area contributed by atoms with Gasteiger partial charge in [-0.1, -0.05) is 31.2 Å². The van der Waals surface area contributed by atoms with Crippen molar-refractivity contribution in [1.82, 2.24) is 14.9 Å². The second-order valence-corrected chi connectivity index (χ2v) is 5.88. The molecule has 6 heteroatoms. The Kier molecular flexibility index (Phi) is 5.03. The van der Waals surface area contributed by atoms with Gasteiger partial charge in [0.25, 0.3) is 0 Å². The van der Waals surface area contributed by atoms with E-state index in [4.69, 9.17) is 0 Å². The molecule has 1 N–H and O–H groups in total. The molecule has 0 bridgehead atoms. The predicted molar refractivity (Wildman–Crippen MR) is 89.8 cm³/mol. The molecular weight excluding hydrogens is 307 g/mol. The van der Waals surface area contributed by atoms with Crippen LogP contribution in [0.3, 0.4) is 0 Å². The van der Waals surface area contributed by atoms with Crippen molar-refractivity contribution < 1.29 is 9.18 Å². The summed E-state index contributed by atoms with van der Waals surface area (Å²) in [4.78, 5) is 21.6. The standard InChI is InChI=1S/C18H21FN4O/c1-2-15-17(19)18(22-12-21-15)20-10-13-6-3-4-7-14(13)11-23-9-5-8-16(23)24/h3-4,6-7,12H,2,5,8-11H2,1H3,(H,20,21,22). The molecule has 5 nitrogen and oxygen atoms in total. The number of likely N-dealkylation sites (tertiary alicyclic amines) is 1. The lowest BCUT2D eigenvalue weighted by Crippen LogP contribution is -2.24. The summed E-state index contributed by atoms with van der Waals surface area (Å²) in [5.74, 6) is 0.0216. The maximum atomic E-state index is 14.2. The molecule has 1 aromatic heterocycles. The molecule has 126 valence electrons. The molecule has 0 atom stereocenters. The topological polar surface area (TPSA) is 58.1 Å². The lowest BCUT2D eigenvalue weighted by atomic mass is 10.1. The van der Waals surface area contributed by atoms with Gasteiger partial charge in [0.15, 0.2) is 11.6 Å². The molecule has 2 heterocycles. The lowest BCUT2D eigenvalue weighted by molar-refractivity contribution is -0.128. The molecule has 1 aromatic carbocycles. The number of hydrogen-bond acceptors (Lipinski definition) is 4. The molecule has 0 unspecified atom stereocenters. The molecule has 1 aliphatic rings. The Morgan fingerprint density at radius 1 is 1.25 bits per heavy atom. The Hall–Kier alpha value is -2.50. The van der Waals surface area contributed by atoms with Gasteiger partial charge < -0.3 is 10.2 Å². The lowest BCUT2D eigenvalue weighted by Gasteiger charge is -2.18. The third-order valence-corrected chi connectivity index (χ3v) is 4.29. The fourth-order valence-corrected chi connectivity index (χ4v) is 2.92. The first-order valence-electron chi connectivity index (χ1n) is 8.27. The van der Waals surface area contributed by atoms with Crippen LogP contribution in [0.15, 0.2) is 30.6 Å². The minimum atomic E-state index is -0.396. The fourth-order valence-electron chi connectivity index (χ4n) is 2.92. The molecule has 24 heavy (non-hydrogen) atoms. The maximum absolute atomic E-state index is 14.2. The average Bonchev–Trinajstić information content (AvgIpc) is 3.00. The second kappa shape index (κ2) is 7.38. The first-order chi connectivity index (χ1) is 11.7. The average molecular weight is 328 g/mol. The van der Waals surface area contributed by atoms with Crippen molar-refractivity contribution in [1.29, 1.82) is 0 Å². The van der Waals surface area contributed by atoms with Crippen molar-refractivity contribution in [2.75, 3.05) is 11.9 Å². The van der Waals surface area contributed by atoms with Crippen LogP contribution in [0.4, 0.5) is 10.2 Å². The van der Waals surface area contributed by atoms with E-state index in [1.165, 1.54) is 6.33 Å². The highest BCUT2D eigenvalue weighted by molar-refractivity contribution is 5.78. The molecule has 1 saturated heterocycles. The molecule has 0 spiro atoms. The Morgan fingerprint density at radius 3 is 2.75 bits per heavy atom. The van der Waals surface area contributed by atoms with Gasteiger partial charge in [0.1, 0.15) is 6.33 Å². The van der Waals surface area contributed by atoms with Crippen molar-refractivity contribution in [2.24, 2.45) is 0 Å². The highest BCUT2D eigenvalue weighted by atomic mass is 19.1. The van der Waals surface area contributed by atoms with E-state index in [9.17, 15) is 9.18 Å². The molecule has 0 aliphatic carbocycles. The SMILES string of the molecule is CCc1ncnc(NCc2ccccc2CN2CCCC2=O)c1F. The Bertz CT molecular complexity index is 735. The summed E-state index contributed by atoms with van der Waals surface area (Å²) < 4.78 is 14.2. The van der Waals surface area contributed by atoms with E-state index < -0.39 is 5.82 Å². The fraction of sp³-hybridized carbons (Fsp3) is 0.389. The zero-order chi connectivity index (χ0) is 16.9. The smallest absolute Gasteiger partial charge is 0.222 e. The summed E-state index contributed by atoms with van der Waals surface area (Å²) in [7, 11) is 0. The van der Waals surface area contributed by atoms with Crippen molar-refractivity contribution in [2.45, 2.75) is 39.3 Å². The highest BCUT2D eigenvalue weighted by Gasteiger charge is 2.21. The number of benzene rings is 1. The van der Waals surface area contributed by atoms with Crippen LogP contribution < -0.4 is 5.32 Å². The van der Waals surface area contributed by atoms with Crippen LogP contribution in [0, 0.1) is 5.82 Å². The van der Waals surface area contributed by atoms with Gasteiger partial charge in [-0.25, -0.2) is 14.4 Å². The number of nitrogens with zero attached hydrogens (tertiary/aromatic N) is 3. The number of halogens is 1. The van der Waals surface area contributed by atoms with Gasteiger partial charge in [0.05, 0.1) is 5.69 Å². The number of anilines is 1. The minimum absolute atomic E-state index is 0.201. The summed E-state index contributed by atoms with van der Waals surface area (Å²) in [6, 6.07) is 7.90. The molecule has 0 radical (unpaired) electrons. The van der Waals surface area contributed by atoms with Crippen LogP contribution in [-0.4, -0.2) is 27.3 Å². The van der Waals surface area contributed by atoms with Gasteiger partial charge >= 0.3 is 0 Å². The zero-order valence-electron chi connectivity index (χ0n) is 13.8. The Labute approximate surface area is 140 Å². The highest BCUT2D eigenvalue weighted by Crippen LogP contribution is 2.19. The predicted octanol–water partition coefficient (Wildman–Crippen LogP) is 2.91. The van der Waals surface area contributed by atoms with Gasteiger partial charge in [-0.2, -0.15) is 0 Å². The van der Waals surface area contributed by atoms with E-state index in [0.29, 0.717) is 31.6 Å². The zero-order valence-corrected chi connectivity index (χ0v) is 13.8. The molecule has 2 aromatic rings. The Morgan fingerprint density at radius 2 is 2.04 bits per heavy atom. The van der Waals surface area contributed by atoms with Crippen molar-refractivity contribution in [3.8, 4) is 0 Å². The minimum Gasteiger partial charge on any atom is -0.363 e. The van der Waals surface area contributed by atoms with Crippen LogP contribution in [0.2, 0.25) is 0 Å². The third kappa shape index (κ3) is 3.53. The van der Waals surface area contributed by atoms with E-state index >= 15 is 0 Å². The number of rotatable bonds is 6. The number of hydrogen-bond donors (Lipinski definition) is 1. The van der Waals surface area contributed by atoms with E-state index in [-0.39, 0.29) is 11.7 Å². The van der Waals surface area contributed by atoms with Gasteiger partial charge in [-0.15, -0.1) is 0 Å². The van der Waals surface area contributed by atoms with Crippen molar-refractivity contribution in [3.63, 3.8) is 0 Å². The van der Waals surface area contributed by atoms with E-state index in [1.54, 1.807) is 0 Å². The van der Waals surface area contributed by atoms with Gasteiger partial charge in [-0.3, -0.25) is 4.79 Å². The van der Waals surface area contributed by atoms with Crippen molar-refractivity contribution >= 4 is 11.7 Å². The van der Waals surface area contributed by atoms with E-state index in [1.807, 2.05) is 36.1 Å². The van der Waals surface area contributed by atoms with E-state index in [2.05, 4.69) is 15.3 Å². The van der Waals surface area contributed by atoms with Gasteiger partial charge in [0, 0.05) is 26.1 Å². The first kappa shape index (κ1) is 16.4. The molecule has 1 aliphatic heterocycles. The second-order valence-electron chi connectivity index (χ2n) is 5.88. The quantitative estimate of drug-likeness (QED) is 0.886. The Balaban J connectivity index is 1.73. The number of nitrogens with one attached hydrogen (secondary N) is 1. The largest absolute Gasteiger partial charge is 0.363 e. The van der Waals surface area contributed by atoms with Crippen LogP contribution in [0.5, 0.6) is 0 Å². The number of carbonyl (C=O) groups is 1. The summed E-state index contributed by atoms with van der Waals surface area (Å²) in [5.41, 5.74) is 2.52. The van der Waals surface area contributed by atoms with E-state index in [0.717, 1.165) is 24.1 Å². The molecule has 1 fully saturated rings. The first-order valence-corrected chi connectivity index (χ1v) is 8.27. The van der Waals surface area contributed by atoms with Crippen LogP contribution in [-0.2, 0) is 24.3 Å². The van der Waals surface area contributed by atoms with Crippen LogP contribution in [0.1, 0.15) is 36.6 Å². The number of carbonyl (C=O) groups excluding carboxylic acids is 1. The summed E-state index contributed by atoms with van der Waals surface area (Å²) >= 11 is 0. The molecular formula is C18H21FN4O. The summed E-state index contributed by atoms with van der Waals surface area (Å²) in [5, 5.41) is 3.05. The number of aromatic nitrogens is 2. The molecule has 3 rings (SSSR count). The molecule has 1 amide bonds. The molecule has 0 saturated carbocycles. The summed E-state index contributed by atoms with van der Waals surface area (Å²) in [6.07, 6.45) is 3.45. The number of amides is 1. The monoisotopic (exact) mass is 328 g/mol. The van der Waals surface area contributed by atoms with Gasteiger partial charge in [0.2, 0.25) is 5.91 Å². The third-order valence-electron chi connectivity index (χ3n) is 4.29. The van der Waals surface area contributed by atoms with Crippen LogP contribution >= 0.6 is 0 Å². The van der Waals surface area contributed by atoms with Crippen LogP contribution in [0.25, 0.3) is 0 Å². The summed E-state index contributed by atoms with van der Waals surface area (Å²) in [6.45, 7) is 3.72. The van der Waals surface area contributed by atoms with Gasteiger partial charge in [-0.05, 0) is 24.0 Å². The van der Waals surface area contributed by atoms with Crippen molar-refractivity contribution in [3.05, 3.63) is 53.2 Å².